The van der Waals surface area contributed by atoms with Gasteiger partial charge in [-0.05, 0) is 43.2 Å². The van der Waals surface area contributed by atoms with Crippen molar-refractivity contribution in [1.82, 2.24) is 20.4 Å². The summed E-state index contributed by atoms with van der Waals surface area (Å²) in [6.45, 7) is 4.69. The third kappa shape index (κ3) is 4.88. The number of methoxy groups -OCH3 is 1. The summed E-state index contributed by atoms with van der Waals surface area (Å²) in [5, 5.41) is 7.95. The second-order valence-corrected chi connectivity index (χ2v) is 8.38. The molecule has 0 radical (unpaired) electrons. The first-order chi connectivity index (χ1) is 16.0. The highest BCUT2D eigenvalue weighted by Gasteiger charge is 2.35. The normalized spacial score (nSPS) is 16.2. The maximum absolute atomic E-state index is 13.0. The molecule has 33 heavy (non-hydrogen) atoms. The van der Waals surface area contributed by atoms with Crippen LogP contribution in [0.2, 0.25) is 5.02 Å². The molecule has 1 aliphatic rings. The Hall–Kier alpha value is -3.32. The summed E-state index contributed by atoms with van der Waals surface area (Å²) in [6.07, 6.45) is 3.04. The lowest BCUT2D eigenvalue weighted by molar-refractivity contribution is 0.204. The lowest BCUT2D eigenvalue weighted by Crippen LogP contribution is -2.46. The van der Waals surface area contributed by atoms with Gasteiger partial charge in [0.15, 0.2) is 0 Å². The number of halogens is 1. The number of amides is 2. The summed E-state index contributed by atoms with van der Waals surface area (Å²) in [7, 11) is 1.61. The van der Waals surface area contributed by atoms with Crippen molar-refractivity contribution in [3.63, 3.8) is 0 Å². The summed E-state index contributed by atoms with van der Waals surface area (Å²) >= 11 is 6.09. The van der Waals surface area contributed by atoms with Crippen molar-refractivity contribution in [3.05, 3.63) is 70.7 Å². The van der Waals surface area contributed by atoms with Gasteiger partial charge in [0, 0.05) is 22.8 Å². The van der Waals surface area contributed by atoms with Gasteiger partial charge in [0.05, 0.1) is 18.7 Å². The van der Waals surface area contributed by atoms with Gasteiger partial charge in [-0.1, -0.05) is 60.8 Å². The Morgan fingerprint density at radius 3 is 2.70 bits per heavy atom. The first kappa shape index (κ1) is 22.9. The Balaban J connectivity index is 1.76. The predicted octanol–water partition coefficient (Wildman–Crippen LogP) is 6.09. The van der Waals surface area contributed by atoms with Gasteiger partial charge in [-0.25, -0.2) is 4.79 Å². The number of aromatic nitrogens is 2. The maximum Gasteiger partial charge on any atom is 0.322 e. The van der Waals surface area contributed by atoms with Crippen molar-refractivity contribution in [3.8, 4) is 17.1 Å². The van der Waals surface area contributed by atoms with Crippen molar-refractivity contribution >= 4 is 23.2 Å². The molecule has 172 valence electrons. The number of carbonyl (C=O) groups excluding carboxylic acids is 1. The lowest BCUT2D eigenvalue weighted by atomic mass is 9.94. The van der Waals surface area contributed by atoms with Crippen molar-refractivity contribution in [2.75, 3.05) is 13.7 Å². The van der Waals surface area contributed by atoms with E-state index >= 15 is 0 Å². The van der Waals surface area contributed by atoms with E-state index in [1.54, 1.807) is 24.1 Å². The number of urea groups is 1. The number of benzene rings is 2. The van der Waals surface area contributed by atoms with Crippen molar-refractivity contribution in [2.24, 2.45) is 0 Å². The van der Waals surface area contributed by atoms with Crippen LogP contribution in [0, 0.1) is 0 Å². The molecule has 2 aromatic carbocycles. The first-order valence-electron chi connectivity index (χ1n) is 11.0. The number of nitrogens with one attached hydrogen (secondary N) is 1. The van der Waals surface area contributed by atoms with E-state index in [2.05, 4.69) is 22.4 Å². The van der Waals surface area contributed by atoms with Gasteiger partial charge in [-0.3, -0.25) is 4.90 Å². The number of carbonyl (C=O) groups is 1. The molecule has 0 spiro atoms. The second kappa shape index (κ2) is 10.1. The summed E-state index contributed by atoms with van der Waals surface area (Å²) < 4.78 is 11.0. The molecule has 7 nitrogen and oxygen atoms in total. The van der Waals surface area contributed by atoms with Crippen LogP contribution in [0.25, 0.3) is 17.0 Å². The van der Waals surface area contributed by atoms with E-state index in [4.69, 9.17) is 20.9 Å². The summed E-state index contributed by atoms with van der Waals surface area (Å²) in [6, 6.07) is 14.3. The molecule has 0 fully saturated rings. The number of hydrogen-bond acceptors (Lipinski definition) is 5. The molecule has 1 N–H and O–H groups in total. The fraction of sp³-hybridized carbons (Fsp3) is 0.320. The Morgan fingerprint density at radius 2 is 1.97 bits per heavy atom. The second-order valence-electron chi connectivity index (χ2n) is 7.95. The molecule has 4 rings (SSSR count). The molecule has 0 bridgehead atoms. The number of nitrogens with zero attached hydrogens (tertiary/aromatic N) is 3. The Bertz CT molecular complexity index is 1160. The number of unbranched alkanes of at least 4 members (excludes halogenated alkanes) is 2. The van der Waals surface area contributed by atoms with Crippen molar-refractivity contribution in [1.29, 1.82) is 0 Å². The van der Waals surface area contributed by atoms with Crippen molar-refractivity contribution < 1.29 is 14.1 Å². The minimum Gasteiger partial charge on any atom is -0.497 e. The molecule has 8 heteroatoms. The van der Waals surface area contributed by atoms with Crippen LogP contribution in [0.1, 0.15) is 50.6 Å². The van der Waals surface area contributed by atoms with Crippen LogP contribution in [0.4, 0.5) is 4.79 Å². The van der Waals surface area contributed by atoms with Crippen LogP contribution in [0.5, 0.6) is 5.75 Å². The molecule has 1 aromatic heterocycles. The van der Waals surface area contributed by atoms with E-state index in [0.717, 1.165) is 41.7 Å². The predicted molar refractivity (Wildman–Crippen MR) is 128 cm³/mol. The van der Waals surface area contributed by atoms with Crippen LogP contribution in [0.3, 0.4) is 0 Å². The van der Waals surface area contributed by atoms with Gasteiger partial charge < -0.3 is 14.6 Å². The number of hydrogen-bond donors (Lipinski definition) is 1. The molecular weight excluding hydrogens is 440 g/mol. The fourth-order valence-corrected chi connectivity index (χ4v) is 4.09. The van der Waals surface area contributed by atoms with E-state index in [9.17, 15) is 4.79 Å². The van der Waals surface area contributed by atoms with Crippen LogP contribution >= 0.6 is 11.6 Å². The number of allylic oxidation sites excluding steroid dienone is 1. The van der Waals surface area contributed by atoms with E-state index in [1.165, 1.54) is 0 Å². The van der Waals surface area contributed by atoms with Crippen LogP contribution in [-0.2, 0) is 0 Å². The molecule has 0 aliphatic carbocycles. The third-order valence-electron chi connectivity index (χ3n) is 5.77. The minimum atomic E-state index is -0.434. The Morgan fingerprint density at radius 1 is 1.18 bits per heavy atom. The Labute approximate surface area is 198 Å². The number of rotatable bonds is 8. The SMILES string of the molecule is CCCCCN1C(=O)NC(c2ccc(Cl)cc2)C(c2nc(-c3cccc(OC)c3)no2)=C1C. The lowest BCUT2D eigenvalue weighted by Gasteiger charge is -2.35. The monoisotopic (exact) mass is 466 g/mol. The molecule has 0 saturated heterocycles. The number of ether oxygens (including phenoxy) is 1. The average Bonchev–Trinajstić information content (AvgIpc) is 3.31. The zero-order valence-electron chi connectivity index (χ0n) is 19.0. The molecule has 2 heterocycles. The van der Waals surface area contributed by atoms with Gasteiger partial charge in [-0.2, -0.15) is 4.98 Å². The third-order valence-corrected chi connectivity index (χ3v) is 6.02. The Kier molecular flexibility index (Phi) is 6.99. The maximum atomic E-state index is 13.0. The molecule has 1 unspecified atom stereocenters. The fourth-order valence-electron chi connectivity index (χ4n) is 3.97. The van der Waals surface area contributed by atoms with Crippen LogP contribution < -0.4 is 10.1 Å². The summed E-state index contributed by atoms with van der Waals surface area (Å²) in [5.74, 6) is 1.53. The van der Waals surface area contributed by atoms with E-state index in [-0.39, 0.29) is 6.03 Å². The highest BCUT2D eigenvalue weighted by Crippen LogP contribution is 2.38. The molecule has 3 aromatic rings. The van der Waals surface area contributed by atoms with Gasteiger partial charge in [0.1, 0.15) is 5.75 Å². The van der Waals surface area contributed by atoms with Gasteiger partial charge in [0.25, 0.3) is 5.89 Å². The average molecular weight is 467 g/mol. The zero-order valence-corrected chi connectivity index (χ0v) is 19.7. The largest absolute Gasteiger partial charge is 0.497 e. The zero-order chi connectivity index (χ0) is 23.4. The van der Waals surface area contributed by atoms with Gasteiger partial charge in [-0.15, -0.1) is 0 Å². The molecule has 2 amide bonds. The highest BCUT2D eigenvalue weighted by atomic mass is 35.5. The van der Waals surface area contributed by atoms with Gasteiger partial charge >= 0.3 is 6.03 Å². The van der Waals surface area contributed by atoms with E-state index in [1.807, 2.05) is 43.3 Å². The van der Waals surface area contributed by atoms with E-state index in [0.29, 0.717) is 29.0 Å². The van der Waals surface area contributed by atoms with Crippen molar-refractivity contribution in [2.45, 2.75) is 39.2 Å². The minimum absolute atomic E-state index is 0.139. The van der Waals surface area contributed by atoms with E-state index < -0.39 is 6.04 Å². The molecule has 0 saturated carbocycles. The molecule has 1 aliphatic heterocycles. The molecule has 1 atom stereocenters. The van der Waals surface area contributed by atoms with Crippen LogP contribution in [0.15, 0.2) is 58.8 Å². The van der Waals surface area contributed by atoms with Gasteiger partial charge in [0.2, 0.25) is 5.82 Å². The smallest absolute Gasteiger partial charge is 0.322 e. The topological polar surface area (TPSA) is 80.5 Å². The first-order valence-corrected chi connectivity index (χ1v) is 11.4. The standard InChI is InChI=1S/C25H27ClN4O3/c1-4-5-6-14-30-16(2)21(22(27-25(30)31)17-10-12-19(26)13-11-17)24-28-23(29-33-24)18-8-7-9-20(15-18)32-3/h7-13,15,22H,4-6,14H2,1-3H3,(H,27,31). The molecular formula is C25H27ClN4O3. The van der Waals surface area contributed by atoms with Crippen LogP contribution in [-0.4, -0.2) is 34.7 Å². The quantitative estimate of drug-likeness (QED) is 0.406. The highest BCUT2D eigenvalue weighted by molar-refractivity contribution is 6.30. The summed E-state index contributed by atoms with van der Waals surface area (Å²) in [4.78, 5) is 19.4. The summed E-state index contributed by atoms with van der Waals surface area (Å²) in [5.41, 5.74) is 3.24.